The first kappa shape index (κ1) is 24.4. The minimum absolute atomic E-state index is 0.0352. The number of rotatable bonds is 5. The van der Waals surface area contributed by atoms with Gasteiger partial charge < -0.3 is 19.5 Å². The third-order valence-electron chi connectivity index (χ3n) is 5.09. The minimum atomic E-state index is -5.08. The second kappa shape index (κ2) is 10.4. The molecule has 0 radical (unpaired) electrons. The fourth-order valence-electron chi connectivity index (χ4n) is 3.49. The Bertz CT molecular complexity index is 808. The Kier molecular flexibility index (Phi) is 8.21. The van der Waals surface area contributed by atoms with Gasteiger partial charge in [0.05, 0.1) is 24.9 Å². The molecular formula is C20H24F3N3O5. The van der Waals surface area contributed by atoms with Gasteiger partial charge in [0.15, 0.2) is 0 Å². The number of pyridine rings is 1. The largest absolute Gasteiger partial charge is 0.490 e. The molecule has 31 heavy (non-hydrogen) atoms. The number of carboxylic acid groups (broad SMARTS) is 1. The van der Waals surface area contributed by atoms with Crippen LogP contribution in [0.15, 0.2) is 18.3 Å². The molecule has 3 rings (SSSR count). The molecule has 0 aromatic carbocycles. The second-order valence-corrected chi connectivity index (χ2v) is 7.63. The predicted molar refractivity (Wildman–Crippen MR) is 101 cm³/mol. The summed E-state index contributed by atoms with van der Waals surface area (Å²) < 4.78 is 43.3. The van der Waals surface area contributed by atoms with E-state index in [1.54, 1.807) is 12.1 Å². The molecule has 1 N–H and O–H groups in total. The normalized spacial score (nSPS) is 22.4. The number of ether oxygens (including phenoxy) is 2. The van der Waals surface area contributed by atoms with E-state index in [-0.39, 0.29) is 17.9 Å². The summed E-state index contributed by atoms with van der Waals surface area (Å²) in [6, 6.07) is 5.45. The van der Waals surface area contributed by atoms with Crippen LogP contribution in [0.4, 0.5) is 13.2 Å². The quantitative estimate of drug-likeness (QED) is 0.744. The van der Waals surface area contributed by atoms with E-state index in [1.165, 1.54) is 6.20 Å². The van der Waals surface area contributed by atoms with Gasteiger partial charge >= 0.3 is 12.1 Å². The van der Waals surface area contributed by atoms with Crippen LogP contribution in [0.1, 0.15) is 25.8 Å². The van der Waals surface area contributed by atoms with E-state index in [2.05, 4.69) is 4.98 Å². The van der Waals surface area contributed by atoms with Crippen molar-refractivity contribution >= 4 is 11.9 Å². The van der Waals surface area contributed by atoms with E-state index < -0.39 is 12.1 Å². The average molecular weight is 443 g/mol. The van der Waals surface area contributed by atoms with Gasteiger partial charge in [0.25, 0.3) is 0 Å². The molecule has 1 aromatic rings. The van der Waals surface area contributed by atoms with Gasteiger partial charge in [-0.15, -0.1) is 0 Å². The SMILES string of the molecule is CC(C)C(=O)N1C[C@H]2[C@@H](CCOc3ccc(C#N)cn3)CO[C@H]2C1.O=C(O)C(F)(F)F. The van der Waals surface area contributed by atoms with Crippen LogP contribution in [0, 0.1) is 29.1 Å². The number of nitrogens with zero attached hydrogens (tertiary/aromatic N) is 3. The number of aliphatic carboxylic acids is 1. The van der Waals surface area contributed by atoms with E-state index in [9.17, 15) is 18.0 Å². The van der Waals surface area contributed by atoms with Crippen LogP contribution in [-0.4, -0.2) is 65.5 Å². The molecule has 0 unspecified atom stereocenters. The number of alkyl halides is 3. The third kappa shape index (κ3) is 6.82. The number of carbonyl (C=O) groups is 2. The minimum Gasteiger partial charge on any atom is -0.478 e. The molecule has 8 nitrogen and oxygen atoms in total. The highest BCUT2D eigenvalue weighted by Crippen LogP contribution is 2.36. The average Bonchev–Trinajstić information content (AvgIpc) is 3.29. The lowest BCUT2D eigenvalue weighted by Gasteiger charge is -2.21. The smallest absolute Gasteiger partial charge is 0.478 e. The van der Waals surface area contributed by atoms with Crippen molar-refractivity contribution < 1.29 is 37.3 Å². The Balaban J connectivity index is 0.000000423. The topological polar surface area (TPSA) is 113 Å². The number of nitriles is 1. The van der Waals surface area contributed by atoms with Gasteiger partial charge in [-0.1, -0.05) is 13.8 Å². The van der Waals surface area contributed by atoms with Crippen molar-refractivity contribution in [3.63, 3.8) is 0 Å². The number of carboxylic acids is 1. The van der Waals surface area contributed by atoms with Gasteiger partial charge in [0, 0.05) is 37.2 Å². The molecule has 2 saturated heterocycles. The number of likely N-dealkylation sites (tertiary alicyclic amines) is 1. The highest BCUT2D eigenvalue weighted by Gasteiger charge is 2.45. The van der Waals surface area contributed by atoms with Gasteiger partial charge in [-0.2, -0.15) is 18.4 Å². The Hall–Kier alpha value is -2.87. The highest BCUT2D eigenvalue weighted by atomic mass is 19.4. The first-order valence-electron chi connectivity index (χ1n) is 9.72. The first-order valence-corrected chi connectivity index (χ1v) is 9.72. The predicted octanol–water partition coefficient (Wildman–Crippen LogP) is 2.48. The molecule has 0 spiro atoms. The molecule has 11 heteroatoms. The molecule has 3 heterocycles. The summed E-state index contributed by atoms with van der Waals surface area (Å²) in [5.41, 5.74) is 0.523. The summed E-state index contributed by atoms with van der Waals surface area (Å²) in [6.07, 6.45) is -2.52. The summed E-state index contributed by atoms with van der Waals surface area (Å²) >= 11 is 0. The van der Waals surface area contributed by atoms with Crippen LogP contribution in [0.25, 0.3) is 0 Å². The number of fused-ring (bicyclic) bond motifs is 1. The summed E-state index contributed by atoms with van der Waals surface area (Å²) in [4.78, 5) is 27.1. The lowest BCUT2D eigenvalue weighted by Crippen LogP contribution is -2.34. The zero-order chi connectivity index (χ0) is 23.2. The van der Waals surface area contributed by atoms with Crippen LogP contribution in [0.2, 0.25) is 0 Å². The number of hydrogen-bond acceptors (Lipinski definition) is 6. The Morgan fingerprint density at radius 1 is 1.39 bits per heavy atom. The van der Waals surface area contributed by atoms with Crippen LogP contribution < -0.4 is 4.74 Å². The van der Waals surface area contributed by atoms with Gasteiger partial charge in [-0.25, -0.2) is 9.78 Å². The fourth-order valence-corrected chi connectivity index (χ4v) is 3.49. The van der Waals surface area contributed by atoms with Gasteiger partial charge in [-0.05, 0) is 18.4 Å². The molecule has 2 aliphatic rings. The molecule has 1 amide bonds. The summed E-state index contributed by atoms with van der Waals surface area (Å²) in [7, 11) is 0. The standard InChI is InChI=1S/C18H23N3O3.C2HF3O2/c1-12(2)18(22)21-9-15-14(11-24-16(15)10-21)5-6-23-17-4-3-13(7-19)8-20-17;3-2(4,5)1(6)7/h3-4,8,12,14-16H,5-6,9-11H2,1-2H3;(H,6,7)/t14-,15-,16-;/m0./s1. The lowest BCUT2D eigenvalue weighted by molar-refractivity contribution is -0.192. The molecule has 3 atom stereocenters. The van der Waals surface area contributed by atoms with Crippen molar-refractivity contribution in [1.82, 2.24) is 9.88 Å². The van der Waals surface area contributed by atoms with E-state index in [1.807, 2.05) is 24.8 Å². The third-order valence-corrected chi connectivity index (χ3v) is 5.09. The second-order valence-electron chi connectivity index (χ2n) is 7.63. The maximum absolute atomic E-state index is 12.1. The molecule has 0 saturated carbocycles. The van der Waals surface area contributed by atoms with E-state index >= 15 is 0 Å². The molecule has 0 aliphatic carbocycles. The van der Waals surface area contributed by atoms with Gasteiger partial charge in [0.1, 0.15) is 6.07 Å². The molecular weight excluding hydrogens is 419 g/mol. The summed E-state index contributed by atoms with van der Waals surface area (Å²) in [5, 5.41) is 15.9. The maximum Gasteiger partial charge on any atom is 0.490 e. The molecule has 170 valence electrons. The van der Waals surface area contributed by atoms with Crippen LogP contribution >= 0.6 is 0 Å². The summed E-state index contributed by atoms with van der Waals surface area (Å²) in [6.45, 7) is 6.69. The summed E-state index contributed by atoms with van der Waals surface area (Å²) in [5.74, 6) is -1.15. The number of aromatic nitrogens is 1. The zero-order valence-electron chi connectivity index (χ0n) is 17.1. The maximum atomic E-state index is 12.1. The number of carbonyl (C=O) groups excluding carboxylic acids is 1. The van der Waals surface area contributed by atoms with E-state index in [4.69, 9.17) is 24.6 Å². The Morgan fingerprint density at radius 2 is 2.06 bits per heavy atom. The number of amides is 1. The van der Waals surface area contributed by atoms with Crippen molar-refractivity contribution in [3.8, 4) is 11.9 Å². The zero-order valence-corrected chi connectivity index (χ0v) is 17.1. The lowest BCUT2D eigenvalue weighted by atomic mass is 9.91. The molecule has 0 bridgehead atoms. The highest BCUT2D eigenvalue weighted by molar-refractivity contribution is 5.78. The first-order chi connectivity index (χ1) is 14.5. The van der Waals surface area contributed by atoms with Crippen molar-refractivity contribution in [1.29, 1.82) is 5.26 Å². The van der Waals surface area contributed by atoms with Crippen LogP contribution in [0.5, 0.6) is 5.88 Å². The van der Waals surface area contributed by atoms with Crippen molar-refractivity contribution in [2.24, 2.45) is 17.8 Å². The van der Waals surface area contributed by atoms with Gasteiger partial charge in [-0.3, -0.25) is 4.79 Å². The van der Waals surface area contributed by atoms with Crippen molar-refractivity contribution in [2.75, 3.05) is 26.3 Å². The molecule has 2 aliphatic heterocycles. The van der Waals surface area contributed by atoms with Crippen molar-refractivity contribution in [2.45, 2.75) is 32.5 Å². The fraction of sp³-hybridized carbons (Fsp3) is 0.600. The van der Waals surface area contributed by atoms with E-state index in [0.29, 0.717) is 29.9 Å². The Morgan fingerprint density at radius 3 is 2.58 bits per heavy atom. The van der Waals surface area contributed by atoms with Crippen molar-refractivity contribution in [3.05, 3.63) is 23.9 Å². The molecule has 1 aromatic heterocycles. The monoisotopic (exact) mass is 443 g/mol. The van der Waals surface area contributed by atoms with Crippen LogP contribution in [-0.2, 0) is 14.3 Å². The molecule has 2 fully saturated rings. The number of halogens is 3. The van der Waals surface area contributed by atoms with E-state index in [0.717, 1.165) is 26.1 Å². The van der Waals surface area contributed by atoms with Gasteiger partial charge in [0.2, 0.25) is 11.8 Å². The Labute approximate surface area is 177 Å². The van der Waals surface area contributed by atoms with Crippen LogP contribution in [0.3, 0.4) is 0 Å². The number of hydrogen-bond donors (Lipinski definition) is 1.